The van der Waals surface area contributed by atoms with Crippen LogP contribution in [0.15, 0.2) is 23.1 Å². The smallest absolute Gasteiger partial charge is 0.240 e. The van der Waals surface area contributed by atoms with Crippen LogP contribution in [0.25, 0.3) is 0 Å². The molecule has 1 N–H and O–H groups in total. The lowest BCUT2D eigenvalue weighted by Gasteiger charge is -2.18. The SMILES string of the molecule is CCN(CC)C(=O)CCNS(=O)(=O)c1ccc(OC)c(OC)c1. The number of carbonyl (C=O) groups excluding carboxylic acids is 1. The van der Waals surface area contributed by atoms with Crippen molar-refractivity contribution in [2.45, 2.75) is 25.2 Å². The second kappa shape index (κ2) is 8.73. The normalized spacial score (nSPS) is 11.1. The van der Waals surface area contributed by atoms with Crippen LogP contribution in [0.3, 0.4) is 0 Å². The summed E-state index contributed by atoms with van der Waals surface area (Å²) in [5.74, 6) is 0.697. The second-order valence-corrected chi connectivity index (χ2v) is 6.50. The topological polar surface area (TPSA) is 84.9 Å². The minimum absolute atomic E-state index is 0.0476. The van der Waals surface area contributed by atoms with Crippen LogP contribution in [0.4, 0.5) is 0 Å². The van der Waals surface area contributed by atoms with Gasteiger partial charge in [-0.05, 0) is 26.0 Å². The number of benzene rings is 1. The molecule has 8 heteroatoms. The highest BCUT2D eigenvalue weighted by Gasteiger charge is 2.18. The molecule has 0 radical (unpaired) electrons. The first kappa shape index (κ1) is 19.2. The largest absolute Gasteiger partial charge is 0.493 e. The lowest BCUT2D eigenvalue weighted by atomic mass is 10.3. The Kier molecular flexibility index (Phi) is 7.31. The molecule has 0 spiro atoms. The number of amides is 1. The van der Waals surface area contributed by atoms with Gasteiger partial charge < -0.3 is 14.4 Å². The van der Waals surface area contributed by atoms with Crippen LogP contribution in [0, 0.1) is 0 Å². The number of nitrogens with zero attached hydrogens (tertiary/aromatic N) is 1. The van der Waals surface area contributed by atoms with Gasteiger partial charge in [-0.25, -0.2) is 13.1 Å². The third-order valence-electron chi connectivity index (χ3n) is 3.41. The summed E-state index contributed by atoms with van der Waals surface area (Å²) in [6.45, 7) is 5.03. The summed E-state index contributed by atoms with van der Waals surface area (Å²) < 4.78 is 37.1. The van der Waals surface area contributed by atoms with Crippen molar-refractivity contribution in [1.82, 2.24) is 9.62 Å². The van der Waals surface area contributed by atoms with E-state index in [-0.39, 0.29) is 23.8 Å². The minimum Gasteiger partial charge on any atom is -0.493 e. The van der Waals surface area contributed by atoms with E-state index in [1.54, 1.807) is 4.90 Å². The summed E-state index contributed by atoms with van der Waals surface area (Å²) in [6, 6.07) is 4.33. The first-order chi connectivity index (χ1) is 10.9. The molecule has 0 unspecified atom stereocenters. The van der Waals surface area contributed by atoms with E-state index in [4.69, 9.17) is 9.47 Å². The Labute approximate surface area is 137 Å². The number of hydrogen-bond acceptors (Lipinski definition) is 5. The molecule has 0 aliphatic heterocycles. The Morgan fingerprint density at radius 2 is 1.74 bits per heavy atom. The van der Waals surface area contributed by atoms with E-state index in [2.05, 4.69) is 4.72 Å². The zero-order valence-corrected chi connectivity index (χ0v) is 14.8. The summed E-state index contributed by atoms with van der Waals surface area (Å²) in [7, 11) is -0.799. The van der Waals surface area contributed by atoms with Crippen molar-refractivity contribution >= 4 is 15.9 Å². The van der Waals surface area contributed by atoms with Gasteiger partial charge in [-0.2, -0.15) is 0 Å². The molecule has 0 atom stereocenters. The highest BCUT2D eigenvalue weighted by Crippen LogP contribution is 2.29. The van der Waals surface area contributed by atoms with Crippen LogP contribution in [0.2, 0.25) is 0 Å². The minimum atomic E-state index is -3.71. The first-order valence-corrected chi connectivity index (χ1v) is 8.87. The van der Waals surface area contributed by atoms with Crippen molar-refractivity contribution in [2.24, 2.45) is 0 Å². The molecular weight excluding hydrogens is 320 g/mol. The Morgan fingerprint density at radius 1 is 1.13 bits per heavy atom. The maximum atomic E-state index is 12.3. The third kappa shape index (κ3) is 5.11. The van der Waals surface area contributed by atoms with E-state index in [1.807, 2.05) is 13.8 Å². The lowest BCUT2D eigenvalue weighted by Crippen LogP contribution is -2.34. The monoisotopic (exact) mass is 344 g/mol. The molecule has 0 fully saturated rings. The molecule has 0 aliphatic carbocycles. The van der Waals surface area contributed by atoms with E-state index in [1.165, 1.54) is 32.4 Å². The van der Waals surface area contributed by atoms with Crippen molar-refractivity contribution < 1.29 is 22.7 Å². The van der Waals surface area contributed by atoms with E-state index >= 15 is 0 Å². The Morgan fingerprint density at radius 3 is 2.26 bits per heavy atom. The average molecular weight is 344 g/mol. The molecule has 0 saturated heterocycles. The molecule has 130 valence electrons. The molecule has 1 aromatic carbocycles. The zero-order valence-electron chi connectivity index (χ0n) is 14.0. The third-order valence-corrected chi connectivity index (χ3v) is 4.87. The van der Waals surface area contributed by atoms with Gasteiger partial charge >= 0.3 is 0 Å². The average Bonchev–Trinajstić information content (AvgIpc) is 2.55. The number of rotatable bonds is 9. The molecule has 23 heavy (non-hydrogen) atoms. The van der Waals surface area contributed by atoms with Gasteiger partial charge in [0.1, 0.15) is 0 Å². The van der Waals surface area contributed by atoms with Gasteiger partial charge in [-0.3, -0.25) is 4.79 Å². The highest BCUT2D eigenvalue weighted by molar-refractivity contribution is 7.89. The van der Waals surface area contributed by atoms with Crippen molar-refractivity contribution in [3.8, 4) is 11.5 Å². The second-order valence-electron chi connectivity index (χ2n) is 4.73. The van der Waals surface area contributed by atoms with Crippen LogP contribution in [-0.4, -0.2) is 53.1 Å². The fourth-order valence-corrected chi connectivity index (χ4v) is 3.14. The molecule has 1 aromatic rings. The molecule has 0 heterocycles. The summed E-state index contributed by atoms with van der Waals surface area (Å²) in [6.07, 6.45) is 0.119. The summed E-state index contributed by atoms with van der Waals surface area (Å²) in [5.41, 5.74) is 0. The number of methoxy groups -OCH3 is 2. The van der Waals surface area contributed by atoms with E-state index in [0.29, 0.717) is 24.6 Å². The van der Waals surface area contributed by atoms with Gasteiger partial charge in [0, 0.05) is 32.1 Å². The lowest BCUT2D eigenvalue weighted by molar-refractivity contribution is -0.130. The van der Waals surface area contributed by atoms with E-state index in [9.17, 15) is 13.2 Å². The van der Waals surface area contributed by atoms with Crippen molar-refractivity contribution in [1.29, 1.82) is 0 Å². The number of sulfonamides is 1. The van der Waals surface area contributed by atoms with Gasteiger partial charge in [0.05, 0.1) is 19.1 Å². The van der Waals surface area contributed by atoms with Crippen molar-refractivity contribution in [3.63, 3.8) is 0 Å². The van der Waals surface area contributed by atoms with Gasteiger partial charge in [0.15, 0.2) is 11.5 Å². The van der Waals surface area contributed by atoms with Crippen LogP contribution in [0.5, 0.6) is 11.5 Å². The highest BCUT2D eigenvalue weighted by atomic mass is 32.2. The van der Waals surface area contributed by atoms with E-state index in [0.717, 1.165) is 0 Å². The number of nitrogens with one attached hydrogen (secondary N) is 1. The molecule has 0 bridgehead atoms. The fourth-order valence-electron chi connectivity index (χ4n) is 2.09. The summed E-state index contributed by atoms with van der Waals surface area (Å²) >= 11 is 0. The Bertz CT molecular complexity index is 627. The number of ether oxygens (including phenoxy) is 2. The number of carbonyl (C=O) groups is 1. The van der Waals surface area contributed by atoms with Gasteiger partial charge in [0.2, 0.25) is 15.9 Å². The molecule has 0 aromatic heterocycles. The van der Waals surface area contributed by atoms with Gasteiger partial charge in [-0.15, -0.1) is 0 Å². The standard InChI is InChI=1S/C15H24N2O5S/c1-5-17(6-2)15(18)9-10-16-23(19,20)12-7-8-13(21-3)14(11-12)22-4/h7-8,11,16H,5-6,9-10H2,1-4H3. The Hall–Kier alpha value is -1.80. The van der Waals surface area contributed by atoms with Gasteiger partial charge in [0.25, 0.3) is 0 Å². The molecule has 1 amide bonds. The molecular formula is C15H24N2O5S. The van der Waals surface area contributed by atoms with Crippen molar-refractivity contribution in [3.05, 3.63) is 18.2 Å². The van der Waals surface area contributed by atoms with Gasteiger partial charge in [-0.1, -0.05) is 0 Å². The van der Waals surface area contributed by atoms with Crippen LogP contribution < -0.4 is 14.2 Å². The van der Waals surface area contributed by atoms with Crippen LogP contribution in [0.1, 0.15) is 20.3 Å². The fraction of sp³-hybridized carbons (Fsp3) is 0.533. The zero-order chi connectivity index (χ0) is 17.5. The maximum absolute atomic E-state index is 12.3. The maximum Gasteiger partial charge on any atom is 0.240 e. The predicted octanol–water partition coefficient (Wildman–Crippen LogP) is 1.24. The van der Waals surface area contributed by atoms with Crippen LogP contribution in [-0.2, 0) is 14.8 Å². The quantitative estimate of drug-likeness (QED) is 0.728. The Balaban J connectivity index is 2.75. The molecule has 0 saturated carbocycles. The van der Waals surface area contributed by atoms with E-state index < -0.39 is 10.0 Å². The summed E-state index contributed by atoms with van der Waals surface area (Å²) in [5, 5.41) is 0. The number of hydrogen-bond donors (Lipinski definition) is 1. The first-order valence-electron chi connectivity index (χ1n) is 7.39. The predicted molar refractivity (Wildman–Crippen MR) is 87.3 cm³/mol. The summed E-state index contributed by atoms with van der Waals surface area (Å²) in [4.78, 5) is 13.6. The van der Waals surface area contributed by atoms with Crippen LogP contribution >= 0.6 is 0 Å². The molecule has 7 nitrogen and oxygen atoms in total. The van der Waals surface area contributed by atoms with Crippen molar-refractivity contribution in [2.75, 3.05) is 33.9 Å². The molecule has 1 rings (SSSR count). The molecule has 0 aliphatic rings.